The lowest BCUT2D eigenvalue weighted by Crippen LogP contribution is -2.04. The van der Waals surface area contributed by atoms with Crippen LogP contribution in [0.2, 0.25) is 5.02 Å². The van der Waals surface area contributed by atoms with Crippen molar-refractivity contribution in [1.82, 2.24) is 0 Å². The van der Waals surface area contributed by atoms with Gasteiger partial charge >= 0.3 is 0 Å². The molecule has 0 aliphatic carbocycles. The molecule has 1 rings (SSSR count). The Balaban J connectivity index is 3.69. The number of allylic oxidation sites excluding steroid dienone is 1. The lowest BCUT2D eigenvalue weighted by atomic mass is 9.90. The van der Waals surface area contributed by atoms with Gasteiger partial charge in [0.15, 0.2) is 5.78 Å². The maximum atomic E-state index is 11.1. The van der Waals surface area contributed by atoms with Crippen molar-refractivity contribution in [1.29, 1.82) is 0 Å². The highest BCUT2D eigenvalue weighted by molar-refractivity contribution is 6.33. The first-order chi connectivity index (χ1) is 8.97. The quantitative estimate of drug-likeness (QED) is 0.828. The standard InChI is InChI=1S/C16H19ClO2/c1-5-12-11(4)16(17)13(6-2)14(15(12)9-18)8-7-10(3)19/h6-8,18H,2,5,9H2,1,3-4H3/b8-7-. The summed E-state index contributed by atoms with van der Waals surface area (Å²) >= 11 is 6.35. The molecule has 0 spiro atoms. The van der Waals surface area contributed by atoms with E-state index in [2.05, 4.69) is 6.58 Å². The van der Waals surface area contributed by atoms with Crippen molar-refractivity contribution in [2.24, 2.45) is 0 Å². The second-order valence-corrected chi connectivity index (χ2v) is 4.76. The molecule has 0 aliphatic rings. The largest absolute Gasteiger partial charge is 0.392 e. The van der Waals surface area contributed by atoms with Crippen LogP contribution in [-0.2, 0) is 17.8 Å². The van der Waals surface area contributed by atoms with Crippen LogP contribution in [0.5, 0.6) is 0 Å². The van der Waals surface area contributed by atoms with Crippen LogP contribution in [0.3, 0.4) is 0 Å². The van der Waals surface area contributed by atoms with Crippen LogP contribution in [0, 0.1) is 6.92 Å². The van der Waals surface area contributed by atoms with E-state index in [9.17, 15) is 9.90 Å². The summed E-state index contributed by atoms with van der Waals surface area (Å²) in [4.78, 5) is 11.1. The van der Waals surface area contributed by atoms with Crippen LogP contribution < -0.4 is 0 Å². The monoisotopic (exact) mass is 278 g/mol. The van der Waals surface area contributed by atoms with Gasteiger partial charge < -0.3 is 5.11 Å². The summed E-state index contributed by atoms with van der Waals surface area (Å²) in [6.45, 7) is 9.12. The zero-order valence-corrected chi connectivity index (χ0v) is 12.3. The van der Waals surface area contributed by atoms with Crippen LogP contribution >= 0.6 is 11.6 Å². The van der Waals surface area contributed by atoms with Crippen LogP contribution in [0.4, 0.5) is 0 Å². The summed E-state index contributed by atoms with van der Waals surface area (Å²) in [5.41, 5.74) is 4.35. The molecule has 0 radical (unpaired) electrons. The summed E-state index contributed by atoms with van der Waals surface area (Å²) in [6, 6.07) is 0. The zero-order chi connectivity index (χ0) is 14.6. The zero-order valence-electron chi connectivity index (χ0n) is 11.6. The predicted octanol–water partition coefficient (Wildman–Crippen LogP) is 3.95. The van der Waals surface area contributed by atoms with Gasteiger partial charge in [-0.1, -0.05) is 37.3 Å². The Kier molecular flexibility index (Phi) is 5.52. The topological polar surface area (TPSA) is 37.3 Å². The molecule has 0 saturated heterocycles. The Bertz CT molecular complexity index is 542. The van der Waals surface area contributed by atoms with Gasteiger partial charge in [-0.25, -0.2) is 0 Å². The fourth-order valence-electron chi connectivity index (χ4n) is 2.25. The van der Waals surface area contributed by atoms with Crippen molar-refractivity contribution < 1.29 is 9.90 Å². The maximum absolute atomic E-state index is 11.1. The molecule has 0 aromatic heterocycles. The van der Waals surface area contributed by atoms with E-state index < -0.39 is 0 Å². The van der Waals surface area contributed by atoms with E-state index in [4.69, 9.17) is 11.6 Å². The molecule has 0 atom stereocenters. The lowest BCUT2D eigenvalue weighted by molar-refractivity contribution is -0.112. The Hall–Kier alpha value is -1.38. The van der Waals surface area contributed by atoms with Gasteiger partial charge in [-0.15, -0.1) is 0 Å². The van der Waals surface area contributed by atoms with Crippen molar-refractivity contribution >= 4 is 29.5 Å². The van der Waals surface area contributed by atoms with E-state index in [1.165, 1.54) is 13.0 Å². The van der Waals surface area contributed by atoms with Crippen LogP contribution in [0.25, 0.3) is 12.2 Å². The number of hydrogen-bond acceptors (Lipinski definition) is 2. The van der Waals surface area contributed by atoms with Crippen molar-refractivity contribution in [3.8, 4) is 0 Å². The second kappa shape index (κ2) is 6.69. The van der Waals surface area contributed by atoms with Gasteiger partial charge in [-0.2, -0.15) is 0 Å². The van der Waals surface area contributed by atoms with Gasteiger partial charge in [0.1, 0.15) is 0 Å². The minimum atomic E-state index is -0.0837. The normalized spacial score (nSPS) is 11.0. The van der Waals surface area contributed by atoms with Crippen molar-refractivity contribution in [2.75, 3.05) is 0 Å². The van der Waals surface area contributed by atoms with E-state index in [-0.39, 0.29) is 12.4 Å². The third kappa shape index (κ3) is 3.14. The molecule has 3 heteroatoms. The number of rotatable bonds is 5. The first kappa shape index (κ1) is 15.7. The fourth-order valence-corrected chi connectivity index (χ4v) is 2.55. The second-order valence-electron chi connectivity index (χ2n) is 4.38. The maximum Gasteiger partial charge on any atom is 0.152 e. The molecule has 0 bridgehead atoms. The van der Waals surface area contributed by atoms with Gasteiger partial charge in [-0.3, -0.25) is 4.79 Å². The average molecular weight is 279 g/mol. The number of halogens is 1. The molecular formula is C16H19ClO2. The summed E-state index contributed by atoms with van der Waals surface area (Å²) in [5.74, 6) is -0.0475. The molecular weight excluding hydrogens is 260 g/mol. The molecule has 0 amide bonds. The molecule has 1 aromatic carbocycles. The molecule has 0 fully saturated rings. The summed E-state index contributed by atoms with van der Waals surface area (Å²) in [5, 5.41) is 10.3. The van der Waals surface area contributed by atoms with Crippen LogP contribution in [-0.4, -0.2) is 10.9 Å². The smallest absolute Gasteiger partial charge is 0.152 e. The molecule has 0 heterocycles. The summed E-state index contributed by atoms with van der Waals surface area (Å²) in [7, 11) is 0. The number of carbonyl (C=O) groups is 1. The van der Waals surface area contributed by atoms with Gasteiger partial charge in [-0.05, 0) is 48.6 Å². The average Bonchev–Trinajstić information content (AvgIpc) is 2.39. The van der Waals surface area contributed by atoms with E-state index in [1.54, 1.807) is 12.2 Å². The molecule has 0 unspecified atom stereocenters. The number of benzene rings is 1. The Morgan fingerprint density at radius 2 is 2.00 bits per heavy atom. The first-order valence-corrected chi connectivity index (χ1v) is 6.61. The Labute approximate surface area is 119 Å². The van der Waals surface area contributed by atoms with Crippen molar-refractivity contribution in [3.05, 3.63) is 45.5 Å². The summed E-state index contributed by atoms with van der Waals surface area (Å²) in [6.07, 6.45) is 5.62. The first-order valence-electron chi connectivity index (χ1n) is 6.23. The Morgan fingerprint density at radius 3 is 2.42 bits per heavy atom. The molecule has 102 valence electrons. The SMILES string of the molecule is C=Cc1c(Cl)c(C)c(CC)c(CO)c1/C=C\C(C)=O. The highest BCUT2D eigenvalue weighted by Crippen LogP contribution is 2.33. The number of aliphatic hydroxyl groups excluding tert-OH is 1. The third-order valence-corrected chi connectivity index (χ3v) is 3.69. The van der Waals surface area contributed by atoms with Gasteiger partial charge in [0.05, 0.1) is 11.6 Å². The van der Waals surface area contributed by atoms with Gasteiger partial charge in [0, 0.05) is 5.56 Å². The molecule has 2 nitrogen and oxygen atoms in total. The van der Waals surface area contributed by atoms with E-state index in [0.29, 0.717) is 5.02 Å². The number of carbonyl (C=O) groups excluding carboxylic acids is 1. The number of aliphatic hydroxyl groups is 1. The third-order valence-electron chi connectivity index (χ3n) is 3.20. The van der Waals surface area contributed by atoms with Crippen molar-refractivity contribution in [3.63, 3.8) is 0 Å². The molecule has 1 N–H and O–H groups in total. The van der Waals surface area contributed by atoms with Crippen LogP contribution in [0.1, 0.15) is 41.7 Å². The van der Waals surface area contributed by atoms with E-state index in [0.717, 1.165) is 34.2 Å². The summed E-state index contributed by atoms with van der Waals surface area (Å²) < 4.78 is 0. The van der Waals surface area contributed by atoms with E-state index in [1.807, 2.05) is 13.8 Å². The highest BCUT2D eigenvalue weighted by Gasteiger charge is 2.16. The predicted molar refractivity (Wildman–Crippen MR) is 81.3 cm³/mol. The lowest BCUT2D eigenvalue weighted by Gasteiger charge is -2.18. The molecule has 1 aromatic rings. The van der Waals surface area contributed by atoms with Crippen LogP contribution in [0.15, 0.2) is 12.7 Å². The molecule has 0 aliphatic heterocycles. The van der Waals surface area contributed by atoms with Gasteiger partial charge in [0.2, 0.25) is 0 Å². The van der Waals surface area contributed by atoms with E-state index >= 15 is 0 Å². The number of ketones is 1. The fraction of sp³-hybridized carbons (Fsp3) is 0.312. The molecule has 0 saturated carbocycles. The van der Waals surface area contributed by atoms with Gasteiger partial charge in [0.25, 0.3) is 0 Å². The minimum absolute atomic E-state index is 0.0475. The molecule has 19 heavy (non-hydrogen) atoms. The minimum Gasteiger partial charge on any atom is -0.392 e. The van der Waals surface area contributed by atoms with Crippen molar-refractivity contribution in [2.45, 2.75) is 33.8 Å². The number of hydrogen-bond donors (Lipinski definition) is 1. The highest BCUT2D eigenvalue weighted by atomic mass is 35.5. The Morgan fingerprint density at radius 1 is 1.37 bits per heavy atom.